The molecule has 0 unspecified atom stereocenters. The summed E-state index contributed by atoms with van der Waals surface area (Å²) in [6, 6.07) is 3.91. The monoisotopic (exact) mass is 287 g/mol. The minimum Gasteiger partial charge on any atom is -0.370 e. The van der Waals surface area contributed by atoms with Gasteiger partial charge in [-0.15, -0.1) is 11.3 Å². The molecule has 2 rings (SSSR count). The summed E-state index contributed by atoms with van der Waals surface area (Å²) in [6.45, 7) is 2.07. The molecular weight excluding hydrogens is 270 g/mol. The molecule has 0 spiro atoms. The first-order chi connectivity index (χ1) is 8.51. The smallest absolute Gasteiger partial charge is 0.189 e. The van der Waals surface area contributed by atoms with Crippen molar-refractivity contribution in [1.29, 1.82) is 0 Å². The van der Waals surface area contributed by atoms with Gasteiger partial charge in [0, 0.05) is 10.9 Å². The number of nitrogens with zero attached hydrogens (tertiary/aromatic N) is 1. The van der Waals surface area contributed by atoms with Crippen LogP contribution < -0.4 is 11.1 Å². The molecule has 0 saturated heterocycles. The third-order valence-electron chi connectivity index (χ3n) is 2.66. The molecule has 100 valence electrons. The van der Waals surface area contributed by atoms with Gasteiger partial charge in [0.05, 0.1) is 12.3 Å². The van der Waals surface area contributed by atoms with Gasteiger partial charge in [0.1, 0.15) is 4.21 Å². The highest BCUT2D eigenvalue weighted by molar-refractivity contribution is 7.93. The van der Waals surface area contributed by atoms with Gasteiger partial charge < -0.3 is 11.1 Å². The minimum atomic E-state index is -3.10. The number of thiophene rings is 1. The first-order valence-electron chi connectivity index (χ1n) is 5.89. The van der Waals surface area contributed by atoms with E-state index in [1.165, 1.54) is 11.3 Å². The van der Waals surface area contributed by atoms with E-state index in [9.17, 15) is 8.42 Å². The van der Waals surface area contributed by atoms with Gasteiger partial charge in [-0.3, -0.25) is 0 Å². The van der Waals surface area contributed by atoms with E-state index < -0.39 is 9.84 Å². The first-order valence-corrected chi connectivity index (χ1v) is 8.36. The molecule has 0 bridgehead atoms. The van der Waals surface area contributed by atoms with Crippen LogP contribution in [-0.2, 0) is 16.4 Å². The summed E-state index contributed by atoms with van der Waals surface area (Å²) >= 11 is 1.26. The molecule has 1 aromatic rings. The lowest BCUT2D eigenvalue weighted by Crippen LogP contribution is -2.33. The second kappa shape index (κ2) is 5.27. The number of sulfone groups is 1. The first kappa shape index (κ1) is 13.4. The lowest BCUT2D eigenvalue weighted by Gasteiger charge is -2.01. The summed E-state index contributed by atoms with van der Waals surface area (Å²) < 4.78 is 23.7. The van der Waals surface area contributed by atoms with Crippen LogP contribution in [0.2, 0.25) is 0 Å². The predicted molar refractivity (Wildman–Crippen MR) is 73.5 cm³/mol. The standard InChI is InChI=1S/C11H17N3O2S2/c1-2-18(15,16)10-6-5-9(17-10)7-13-11(12)14-8-3-4-8/h5-6,8H,2-4,7H2,1H3,(H3,12,13,14). The summed E-state index contributed by atoms with van der Waals surface area (Å²) in [7, 11) is -3.10. The summed E-state index contributed by atoms with van der Waals surface area (Å²) in [6.07, 6.45) is 2.29. The molecule has 7 heteroatoms. The number of guanidine groups is 1. The van der Waals surface area contributed by atoms with Crippen LogP contribution >= 0.6 is 11.3 Å². The van der Waals surface area contributed by atoms with Gasteiger partial charge >= 0.3 is 0 Å². The molecule has 1 heterocycles. The molecule has 5 nitrogen and oxygen atoms in total. The third-order valence-corrected chi connectivity index (χ3v) is 6.04. The molecule has 0 aromatic carbocycles. The van der Waals surface area contributed by atoms with Crippen LogP contribution in [0.15, 0.2) is 21.3 Å². The summed E-state index contributed by atoms with van der Waals surface area (Å²) in [5.41, 5.74) is 5.71. The van der Waals surface area contributed by atoms with Crippen molar-refractivity contribution in [2.75, 3.05) is 5.75 Å². The van der Waals surface area contributed by atoms with Crippen LogP contribution in [0.5, 0.6) is 0 Å². The number of aliphatic imine (C=N–C) groups is 1. The Bertz CT molecular complexity index is 544. The number of hydrogen-bond acceptors (Lipinski definition) is 4. The average molecular weight is 287 g/mol. The highest BCUT2D eigenvalue weighted by atomic mass is 32.2. The molecule has 0 aliphatic heterocycles. The van der Waals surface area contributed by atoms with E-state index in [4.69, 9.17) is 5.73 Å². The zero-order valence-corrected chi connectivity index (χ0v) is 11.9. The van der Waals surface area contributed by atoms with Crippen LogP contribution in [0.3, 0.4) is 0 Å². The van der Waals surface area contributed by atoms with Crippen molar-refractivity contribution in [3.8, 4) is 0 Å². The van der Waals surface area contributed by atoms with Gasteiger partial charge in [-0.25, -0.2) is 13.4 Å². The van der Waals surface area contributed by atoms with E-state index in [1.54, 1.807) is 19.1 Å². The van der Waals surface area contributed by atoms with Gasteiger partial charge in [-0.05, 0) is 25.0 Å². The Morgan fingerprint density at radius 2 is 2.28 bits per heavy atom. The van der Waals surface area contributed by atoms with Crippen LogP contribution in [0.1, 0.15) is 24.6 Å². The number of nitrogens with one attached hydrogen (secondary N) is 1. The van der Waals surface area contributed by atoms with Crippen molar-refractivity contribution < 1.29 is 8.42 Å². The maximum absolute atomic E-state index is 11.6. The van der Waals surface area contributed by atoms with E-state index in [2.05, 4.69) is 10.3 Å². The molecule has 1 aromatic heterocycles. The van der Waals surface area contributed by atoms with Crippen LogP contribution in [0, 0.1) is 0 Å². The molecule has 1 fully saturated rings. The topological polar surface area (TPSA) is 84.5 Å². The zero-order valence-electron chi connectivity index (χ0n) is 10.2. The van der Waals surface area contributed by atoms with Crippen molar-refractivity contribution in [3.63, 3.8) is 0 Å². The van der Waals surface area contributed by atoms with Crippen LogP contribution in [0.4, 0.5) is 0 Å². The second-order valence-electron chi connectivity index (χ2n) is 4.24. The van der Waals surface area contributed by atoms with Crippen molar-refractivity contribution in [3.05, 3.63) is 17.0 Å². The van der Waals surface area contributed by atoms with Crippen LogP contribution in [0.25, 0.3) is 0 Å². The van der Waals surface area contributed by atoms with E-state index in [1.807, 2.05) is 0 Å². The molecular formula is C11H17N3O2S2. The molecule has 0 amide bonds. The number of hydrogen-bond donors (Lipinski definition) is 2. The maximum atomic E-state index is 11.6. The fourth-order valence-corrected chi connectivity index (χ4v) is 3.80. The lowest BCUT2D eigenvalue weighted by molar-refractivity contribution is 0.599. The Morgan fingerprint density at radius 1 is 1.56 bits per heavy atom. The SMILES string of the molecule is CCS(=O)(=O)c1ccc(CN=C(N)NC2CC2)s1. The number of nitrogens with two attached hydrogens (primary N) is 1. The van der Waals surface area contributed by atoms with Gasteiger partial charge in [-0.1, -0.05) is 6.92 Å². The molecule has 1 aliphatic rings. The normalized spacial score (nSPS) is 16.8. The molecule has 18 heavy (non-hydrogen) atoms. The Balaban J connectivity index is 1.98. The largest absolute Gasteiger partial charge is 0.370 e. The maximum Gasteiger partial charge on any atom is 0.189 e. The lowest BCUT2D eigenvalue weighted by atomic mass is 10.5. The third kappa shape index (κ3) is 3.46. The summed E-state index contributed by atoms with van der Waals surface area (Å²) in [4.78, 5) is 5.10. The Labute approximate surface area is 111 Å². The zero-order chi connectivity index (χ0) is 13.2. The van der Waals surface area contributed by atoms with Gasteiger partial charge in [0.25, 0.3) is 0 Å². The van der Waals surface area contributed by atoms with Gasteiger partial charge in [0.15, 0.2) is 15.8 Å². The highest BCUT2D eigenvalue weighted by Crippen LogP contribution is 2.23. The Hall–Kier alpha value is -1.08. The number of rotatable bonds is 5. The summed E-state index contributed by atoms with van der Waals surface area (Å²) in [5, 5.41) is 3.09. The molecule has 0 atom stereocenters. The van der Waals surface area contributed by atoms with Crippen molar-refractivity contribution in [2.24, 2.45) is 10.7 Å². The fraction of sp³-hybridized carbons (Fsp3) is 0.545. The van der Waals surface area contributed by atoms with Gasteiger partial charge in [0.2, 0.25) is 0 Å². The van der Waals surface area contributed by atoms with E-state index in [0.29, 0.717) is 22.8 Å². The van der Waals surface area contributed by atoms with E-state index in [-0.39, 0.29) is 5.75 Å². The van der Waals surface area contributed by atoms with E-state index >= 15 is 0 Å². The van der Waals surface area contributed by atoms with Crippen LogP contribution in [-0.4, -0.2) is 26.2 Å². The minimum absolute atomic E-state index is 0.127. The predicted octanol–water partition coefficient (Wildman–Crippen LogP) is 1.11. The van der Waals surface area contributed by atoms with Crippen molar-refractivity contribution >= 4 is 27.1 Å². The summed E-state index contributed by atoms with van der Waals surface area (Å²) in [5.74, 6) is 0.563. The second-order valence-corrected chi connectivity index (χ2v) is 7.92. The molecule has 1 saturated carbocycles. The van der Waals surface area contributed by atoms with Crippen molar-refractivity contribution in [2.45, 2.75) is 36.6 Å². The van der Waals surface area contributed by atoms with E-state index in [0.717, 1.165) is 17.7 Å². The average Bonchev–Trinajstić information content (AvgIpc) is 3.01. The van der Waals surface area contributed by atoms with Crippen molar-refractivity contribution in [1.82, 2.24) is 5.32 Å². The highest BCUT2D eigenvalue weighted by Gasteiger charge is 2.21. The van der Waals surface area contributed by atoms with Gasteiger partial charge in [-0.2, -0.15) is 0 Å². The quantitative estimate of drug-likeness (QED) is 0.627. The molecule has 1 aliphatic carbocycles. The Morgan fingerprint density at radius 3 is 2.89 bits per heavy atom. The fourth-order valence-electron chi connectivity index (χ4n) is 1.40. The molecule has 3 N–H and O–H groups in total. The molecule has 0 radical (unpaired) electrons. The Kier molecular flexibility index (Phi) is 3.91.